The number of hydrogen-bond donors (Lipinski definition) is 3. The minimum atomic E-state index is -0.861. The van der Waals surface area contributed by atoms with Crippen LogP contribution in [0.15, 0.2) is 12.1 Å². The minimum Gasteiger partial charge on any atom is -0.454 e. The zero-order valence-electron chi connectivity index (χ0n) is 10.4. The fourth-order valence-electron chi connectivity index (χ4n) is 2.50. The number of nitrogens with one attached hydrogen (secondary N) is 1. The van der Waals surface area contributed by atoms with Crippen molar-refractivity contribution in [3.05, 3.63) is 23.3 Å². The fraction of sp³-hybridized carbons (Fsp3) is 0.462. The number of fused-ring (bicyclic) bond motifs is 2. The second-order valence-corrected chi connectivity index (χ2v) is 4.88. The second kappa shape index (κ2) is 4.71. The van der Waals surface area contributed by atoms with Crippen LogP contribution in [0.1, 0.15) is 11.1 Å². The lowest BCUT2D eigenvalue weighted by molar-refractivity contribution is -0.123. The molecule has 6 heteroatoms. The van der Waals surface area contributed by atoms with E-state index in [0.717, 1.165) is 35.5 Å². The van der Waals surface area contributed by atoms with E-state index in [1.807, 2.05) is 12.1 Å². The Bertz CT molecular complexity index is 485. The first-order chi connectivity index (χ1) is 9.17. The van der Waals surface area contributed by atoms with Gasteiger partial charge in [0.2, 0.25) is 12.7 Å². The van der Waals surface area contributed by atoms with Gasteiger partial charge in [0, 0.05) is 6.04 Å². The third-order valence-electron chi connectivity index (χ3n) is 3.51. The Labute approximate surface area is 110 Å². The smallest absolute Gasteiger partial charge is 0.239 e. The third-order valence-corrected chi connectivity index (χ3v) is 3.51. The van der Waals surface area contributed by atoms with E-state index in [-0.39, 0.29) is 25.3 Å². The van der Waals surface area contributed by atoms with E-state index in [2.05, 4.69) is 5.32 Å². The van der Waals surface area contributed by atoms with Crippen molar-refractivity contribution in [2.24, 2.45) is 5.73 Å². The van der Waals surface area contributed by atoms with E-state index < -0.39 is 6.04 Å². The van der Waals surface area contributed by atoms with Gasteiger partial charge >= 0.3 is 0 Å². The van der Waals surface area contributed by atoms with E-state index in [0.29, 0.717) is 0 Å². The Morgan fingerprint density at radius 2 is 1.95 bits per heavy atom. The second-order valence-electron chi connectivity index (χ2n) is 4.88. The van der Waals surface area contributed by atoms with E-state index in [1.165, 1.54) is 0 Å². The van der Waals surface area contributed by atoms with Gasteiger partial charge in [0.25, 0.3) is 0 Å². The summed E-state index contributed by atoms with van der Waals surface area (Å²) in [4.78, 5) is 11.6. The maximum atomic E-state index is 11.6. The molecule has 2 aliphatic rings. The molecule has 0 fully saturated rings. The highest BCUT2D eigenvalue weighted by Crippen LogP contribution is 2.37. The molecule has 19 heavy (non-hydrogen) atoms. The lowest BCUT2D eigenvalue weighted by Crippen LogP contribution is -2.47. The number of aliphatic hydroxyl groups is 1. The molecule has 1 amide bonds. The van der Waals surface area contributed by atoms with E-state index in [1.54, 1.807) is 0 Å². The fourth-order valence-corrected chi connectivity index (χ4v) is 2.50. The Hall–Kier alpha value is -1.79. The van der Waals surface area contributed by atoms with Crippen LogP contribution in [0.3, 0.4) is 0 Å². The number of carbonyl (C=O) groups excluding carboxylic acids is 1. The normalized spacial score (nSPS) is 18.2. The number of amides is 1. The molecule has 1 aliphatic carbocycles. The van der Waals surface area contributed by atoms with Crippen molar-refractivity contribution < 1.29 is 19.4 Å². The van der Waals surface area contributed by atoms with E-state index in [9.17, 15) is 4.79 Å². The third kappa shape index (κ3) is 2.24. The van der Waals surface area contributed by atoms with Crippen LogP contribution in [-0.2, 0) is 17.6 Å². The molecule has 1 unspecified atom stereocenters. The maximum Gasteiger partial charge on any atom is 0.239 e. The Kier molecular flexibility index (Phi) is 3.04. The summed E-state index contributed by atoms with van der Waals surface area (Å²) in [6, 6.07) is 3.09. The molecule has 0 saturated carbocycles. The highest BCUT2D eigenvalue weighted by atomic mass is 16.7. The highest BCUT2D eigenvalue weighted by molar-refractivity contribution is 5.82. The molecule has 1 aromatic carbocycles. The molecule has 102 valence electrons. The first-order valence-corrected chi connectivity index (χ1v) is 6.25. The molecule has 0 bridgehead atoms. The van der Waals surface area contributed by atoms with Crippen LogP contribution in [0.2, 0.25) is 0 Å². The number of hydrogen-bond acceptors (Lipinski definition) is 5. The van der Waals surface area contributed by atoms with Crippen LogP contribution < -0.4 is 20.5 Å². The van der Waals surface area contributed by atoms with E-state index >= 15 is 0 Å². The van der Waals surface area contributed by atoms with Gasteiger partial charge in [-0.3, -0.25) is 4.79 Å². The minimum absolute atomic E-state index is 0.0163. The van der Waals surface area contributed by atoms with Gasteiger partial charge in [-0.1, -0.05) is 0 Å². The topological polar surface area (TPSA) is 93.8 Å². The highest BCUT2D eigenvalue weighted by Gasteiger charge is 2.27. The van der Waals surface area contributed by atoms with Gasteiger partial charge in [-0.25, -0.2) is 0 Å². The maximum absolute atomic E-state index is 11.6. The Balaban J connectivity index is 1.69. The summed E-state index contributed by atoms with van der Waals surface area (Å²) in [6.07, 6.45) is 1.49. The molecule has 3 rings (SSSR count). The molecule has 1 heterocycles. The van der Waals surface area contributed by atoms with Gasteiger partial charge in [0.05, 0.1) is 6.61 Å². The number of ether oxygens (including phenoxy) is 2. The molecule has 1 aromatic rings. The molecule has 6 nitrogen and oxygen atoms in total. The van der Waals surface area contributed by atoms with Crippen LogP contribution in [-0.4, -0.2) is 36.5 Å². The molecular formula is C13H16N2O4. The molecular weight excluding hydrogens is 248 g/mol. The van der Waals surface area contributed by atoms with Crippen LogP contribution in [0, 0.1) is 0 Å². The molecule has 0 spiro atoms. The zero-order valence-corrected chi connectivity index (χ0v) is 10.4. The number of rotatable bonds is 3. The van der Waals surface area contributed by atoms with Crippen LogP contribution >= 0.6 is 0 Å². The lowest BCUT2D eigenvalue weighted by atomic mass is 10.1. The van der Waals surface area contributed by atoms with Crippen molar-refractivity contribution in [2.75, 3.05) is 13.4 Å². The number of benzene rings is 1. The van der Waals surface area contributed by atoms with E-state index in [4.69, 9.17) is 20.3 Å². The molecule has 0 aromatic heterocycles. The van der Waals surface area contributed by atoms with Crippen molar-refractivity contribution >= 4 is 5.91 Å². The average Bonchev–Trinajstić information content (AvgIpc) is 2.99. The lowest BCUT2D eigenvalue weighted by Gasteiger charge is -2.14. The SMILES string of the molecule is NC(CO)C(=O)NC1Cc2cc3c(cc2C1)OCO3. The van der Waals surface area contributed by atoms with Crippen LogP contribution in [0.25, 0.3) is 0 Å². The summed E-state index contributed by atoms with van der Waals surface area (Å²) >= 11 is 0. The summed E-state index contributed by atoms with van der Waals surface area (Å²) in [6.45, 7) is -0.0782. The number of aliphatic hydroxyl groups excluding tert-OH is 1. The molecule has 1 aliphatic heterocycles. The van der Waals surface area contributed by atoms with Gasteiger partial charge in [-0.15, -0.1) is 0 Å². The Morgan fingerprint density at radius 1 is 1.37 bits per heavy atom. The van der Waals surface area contributed by atoms with Crippen molar-refractivity contribution in [1.29, 1.82) is 0 Å². The van der Waals surface area contributed by atoms with Crippen LogP contribution in [0.4, 0.5) is 0 Å². The summed E-state index contributed by atoms with van der Waals surface area (Å²) in [5.41, 5.74) is 7.80. The Morgan fingerprint density at radius 3 is 2.47 bits per heavy atom. The predicted octanol–water partition coefficient (Wildman–Crippen LogP) is -0.682. The standard InChI is InChI=1S/C13H16N2O4/c14-10(5-16)13(17)15-9-1-7-3-11-12(19-6-18-11)4-8(7)2-9/h3-4,9-10,16H,1-2,5-6,14H2,(H,15,17). The first-order valence-electron chi connectivity index (χ1n) is 6.25. The van der Waals surface area contributed by atoms with Crippen molar-refractivity contribution in [1.82, 2.24) is 5.32 Å². The van der Waals surface area contributed by atoms with Gasteiger partial charge in [-0.2, -0.15) is 0 Å². The number of carbonyl (C=O) groups is 1. The molecule has 0 radical (unpaired) electrons. The van der Waals surface area contributed by atoms with Gasteiger partial charge in [0.15, 0.2) is 11.5 Å². The molecule has 4 N–H and O–H groups in total. The van der Waals surface area contributed by atoms with Crippen molar-refractivity contribution in [2.45, 2.75) is 24.9 Å². The zero-order chi connectivity index (χ0) is 13.4. The average molecular weight is 264 g/mol. The predicted molar refractivity (Wildman–Crippen MR) is 67.0 cm³/mol. The summed E-state index contributed by atoms with van der Waals surface area (Å²) in [5, 5.41) is 11.7. The quantitative estimate of drug-likeness (QED) is 0.672. The molecule has 0 saturated heterocycles. The number of nitrogens with two attached hydrogens (primary N) is 1. The molecule has 1 atom stereocenters. The monoisotopic (exact) mass is 264 g/mol. The largest absolute Gasteiger partial charge is 0.454 e. The van der Waals surface area contributed by atoms with Crippen LogP contribution in [0.5, 0.6) is 11.5 Å². The van der Waals surface area contributed by atoms with Gasteiger partial charge in [-0.05, 0) is 36.1 Å². The first kappa shape index (κ1) is 12.3. The van der Waals surface area contributed by atoms with Crippen molar-refractivity contribution in [3.8, 4) is 11.5 Å². The van der Waals surface area contributed by atoms with Gasteiger partial charge in [0.1, 0.15) is 6.04 Å². The summed E-state index contributed by atoms with van der Waals surface area (Å²) < 4.78 is 10.7. The summed E-state index contributed by atoms with van der Waals surface area (Å²) in [7, 11) is 0. The van der Waals surface area contributed by atoms with Crippen molar-refractivity contribution in [3.63, 3.8) is 0 Å². The summed E-state index contributed by atoms with van der Waals surface area (Å²) in [5.74, 6) is 1.20. The van der Waals surface area contributed by atoms with Gasteiger partial charge < -0.3 is 25.6 Å².